The molecular weight excluding hydrogens is 286 g/mol. The van der Waals surface area contributed by atoms with Crippen molar-refractivity contribution in [3.63, 3.8) is 0 Å². The van der Waals surface area contributed by atoms with Crippen LogP contribution in [-0.4, -0.2) is 30.8 Å². The van der Waals surface area contributed by atoms with Gasteiger partial charge in [0.25, 0.3) is 0 Å². The molecule has 100 valence electrons. The molecule has 0 aromatic heterocycles. The van der Waals surface area contributed by atoms with Crippen molar-refractivity contribution in [3.05, 3.63) is 0 Å². The molecule has 0 bridgehead atoms. The fourth-order valence-corrected chi connectivity index (χ4v) is 90.9. The molecular formula is C14H13FeNO3. The van der Waals surface area contributed by atoms with Crippen LogP contribution < -0.4 is 0 Å². The van der Waals surface area contributed by atoms with Crippen LogP contribution in [0.3, 0.4) is 0 Å². The summed E-state index contributed by atoms with van der Waals surface area (Å²) < 4.78 is -0.557. The van der Waals surface area contributed by atoms with Crippen molar-refractivity contribution in [3.8, 4) is 0 Å². The van der Waals surface area contributed by atoms with Crippen LogP contribution in [-0.2, 0) is 16.1 Å². The number of rotatable bonds is 1. The molecule has 11 aliphatic heterocycles. The van der Waals surface area contributed by atoms with E-state index in [1.807, 2.05) is 0 Å². The van der Waals surface area contributed by atoms with Crippen molar-refractivity contribution in [2.45, 2.75) is 60.3 Å². The number of carbonyl (C=O) groups excluding carboxylic acids is 2. The Kier molecular flexibility index (Phi) is 0.215. The SMILES string of the molecule is O=C1CCC(=O)N1[C]12[CH]3[CH]4[CH]5[C]1(O)[Fe]45321678[CH]2[CH]1[CH]6[CH]7[CH]28. The second kappa shape index (κ2) is 0.580. The maximum atomic E-state index is 12.4. The van der Waals surface area contributed by atoms with Crippen molar-refractivity contribution in [2.75, 3.05) is 0 Å². The van der Waals surface area contributed by atoms with E-state index in [1.54, 1.807) is 4.90 Å². The number of nitrogens with zero attached hydrogens (tertiary/aromatic N) is 1. The summed E-state index contributed by atoms with van der Waals surface area (Å²) >= 11 is 0. The van der Waals surface area contributed by atoms with Gasteiger partial charge in [-0.15, -0.1) is 0 Å². The number of aliphatic hydroxyl groups is 1. The van der Waals surface area contributed by atoms with Crippen molar-refractivity contribution < 1.29 is 21.2 Å². The molecule has 4 nitrogen and oxygen atoms in total. The van der Waals surface area contributed by atoms with Crippen LogP contribution in [0, 0.1) is 0 Å². The molecule has 11 saturated heterocycles. The Balaban J connectivity index is 1.55. The number of likely N-dealkylation sites (tertiary alicyclic amines) is 1. The monoisotopic (exact) mass is 299 g/mol. The number of hydrogen-bond acceptors (Lipinski definition) is 3. The first-order chi connectivity index (χ1) is 8.86. The molecule has 0 aromatic carbocycles. The van der Waals surface area contributed by atoms with Crippen molar-refractivity contribution in [1.29, 1.82) is 0 Å². The van der Waals surface area contributed by atoms with Crippen LogP contribution in [0.4, 0.5) is 0 Å². The molecule has 2 amide bonds. The van der Waals surface area contributed by atoms with Gasteiger partial charge >= 0.3 is 98.2 Å². The third-order valence-corrected chi connectivity index (χ3v) is 58.2. The number of carbonyl (C=O) groups is 2. The first kappa shape index (κ1) is 7.06. The van der Waals surface area contributed by atoms with Crippen LogP contribution in [0.5, 0.6) is 0 Å². The van der Waals surface area contributed by atoms with Crippen LogP contribution in [0.2, 0.25) is 38.5 Å². The van der Waals surface area contributed by atoms with Gasteiger partial charge in [0.2, 0.25) is 0 Å². The van der Waals surface area contributed by atoms with E-state index in [0.717, 1.165) is 33.7 Å². The minimum atomic E-state index is -3.87. The third kappa shape index (κ3) is 0.0713. The van der Waals surface area contributed by atoms with E-state index in [9.17, 15) is 14.7 Å². The van der Waals surface area contributed by atoms with E-state index >= 15 is 0 Å². The van der Waals surface area contributed by atoms with Crippen molar-refractivity contribution >= 4 is 11.8 Å². The molecule has 0 aromatic rings. The van der Waals surface area contributed by atoms with Crippen LogP contribution in [0.15, 0.2) is 0 Å². The Morgan fingerprint density at radius 3 is 1.74 bits per heavy atom. The molecule has 0 radical (unpaired) electrons. The second-order valence-corrected chi connectivity index (χ2v) is 34.5. The third-order valence-electron chi connectivity index (χ3n) is 16.1. The predicted octanol–water partition coefficient (Wildman–Crippen LogP) is 1.33. The minimum absolute atomic E-state index is 0.0754. The average Bonchev–Trinajstić information content (AvgIpc) is 3.27. The van der Waals surface area contributed by atoms with Crippen molar-refractivity contribution in [2.24, 2.45) is 0 Å². The van der Waals surface area contributed by atoms with E-state index < -0.39 is 11.0 Å². The van der Waals surface area contributed by atoms with Gasteiger partial charge in [-0.2, -0.15) is 0 Å². The zero-order valence-electron chi connectivity index (χ0n) is 10.1. The topological polar surface area (TPSA) is 57.6 Å². The summed E-state index contributed by atoms with van der Waals surface area (Å²) in [6.45, 7) is -3.87. The molecule has 11 fully saturated rings. The van der Waals surface area contributed by atoms with Gasteiger partial charge in [0, 0.05) is 0 Å². The Labute approximate surface area is 98.3 Å². The van der Waals surface area contributed by atoms with Gasteiger partial charge in [0.15, 0.2) is 0 Å². The molecule has 0 saturated carbocycles. The first-order valence-electron chi connectivity index (χ1n) is 7.66. The normalized spacial score (nSPS) is 116. The molecule has 11 heterocycles. The molecule has 11 rings (SSSR count). The molecule has 19 heavy (non-hydrogen) atoms. The molecule has 5 heteroatoms. The summed E-state index contributed by atoms with van der Waals surface area (Å²) in [6.07, 6.45) is 0.834. The van der Waals surface area contributed by atoms with Crippen LogP contribution >= 0.6 is 0 Å². The summed E-state index contributed by atoms with van der Waals surface area (Å²) in [7, 11) is 0. The Bertz CT molecular complexity index is 1130. The number of fused-ring (bicyclic) bond motifs is 10. The number of amides is 2. The van der Waals surface area contributed by atoms with Gasteiger partial charge in [0.1, 0.15) is 0 Å². The standard InChI is InChI=1S/C9H8NO3.C5H5.Fe/c11-7-3-1-2-6(7)10-8(12)4-5-9(10)13;1-2-4-5-3-1;/h1-3,11H,4-5H2;1-5H;. The molecule has 1 N–H and O–H groups in total. The molecule has 5 atom stereocenters. The fourth-order valence-electron chi connectivity index (χ4n) is 17.8. The summed E-state index contributed by atoms with van der Waals surface area (Å²) in [4.78, 5) is 33.5. The predicted molar refractivity (Wildman–Crippen MR) is 58.8 cm³/mol. The van der Waals surface area contributed by atoms with E-state index in [0.29, 0.717) is 17.7 Å². The molecule has 1 spiro atoms. The summed E-state index contributed by atoms with van der Waals surface area (Å²) in [6, 6.07) is 0. The Hall–Kier alpha value is -0.381. The summed E-state index contributed by atoms with van der Waals surface area (Å²) in [5.41, 5.74) is 0. The Morgan fingerprint density at radius 2 is 1.47 bits per heavy atom. The number of hydrogen-bond donors (Lipinski definition) is 1. The van der Waals surface area contributed by atoms with Crippen LogP contribution in [0.25, 0.3) is 0 Å². The first-order valence-corrected chi connectivity index (χ1v) is 13.9. The number of imide groups is 1. The second-order valence-electron chi connectivity index (χ2n) is 11.3. The van der Waals surface area contributed by atoms with Crippen molar-refractivity contribution in [1.82, 2.24) is 4.90 Å². The van der Waals surface area contributed by atoms with Gasteiger partial charge in [0.05, 0.1) is 0 Å². The molecule has 11 aliphatic rings. The van der Waals surface area contributed by atoms with Gasteiger partial charge in [-0.1, -0.05) is 0 Å². The molecule has 5 unspecified atom stereocenters. The summed E-state index contributed by atoms with van der Waals surface area (Å²) in [5, 5.41) is 11.7. The zero-order chi connectivity index (χ0) is 12.1. The summed E-state index contributed by atoms with van der Waals surface area (Å²) in [5.74, 6) is 0.151. The van der Waals surface area contributed by atoms with Gasteiger partial charge < -0.3 is 0 Å². The maximum absolute atomic E-state index is 12.4. The van der Waals surface area contributed by atoms with E-state index in [-0.39, 0.29) is 16.3 Å². The quantitative estimate of drug-likeness (QED) is 0.587. The average molecular weight is 299 g/mol. The van der Waals surface area contributed by atoms with Crippen LogP contribution in [0.1, 0.15) is 12.8 Å². The van der Waals surface area contributed by atoms with Gasteiger partial charge in [-0.25, -0.2) is 0 Å². The zero-order valence-corrected chi connectivity index (χ0v) is 11.2. The van der Waals surface area contributed by atoms with E-state index in [2.05, 4.69) is 0 Å². The molecule has 0 aliphatic carbocycles. The van der Waals surface area contributed by atoms with Gasteiger partial charge in [-0.05, 0) is 0 Å². The van der Waals surface area contributed by atoms with E-state index in [1.165, 1.54) is 0 Å². The fraction of sp³-hybridized carbons (Fsp3) is 0.857. The van der Waals surface area contributed by atoms with Gasteiger partial charge in [-0.3, -0.25) is 0 Å². The Morgan fingerprint density at radius 1 is 0.947 bits per heavy atom. The van der Waals surface area contributed by atoms with E-state index in [4.69, 9.17) is 0 Å².